The maximum atomic E-state index is 5.74. The quantitative estimate of drug-likeness (QED) is 0.613. The molecule has 1 aromatic carbocycles. The summed E-state index contributed by atoms with van der Waals surface area (Å²) in [5, 5.41) is 1.24. The van der Waals surface area contributed by atoms with Gasteiger partial charge in [0, 0.05) is 17.4 Å². The van der Waals surface area contributed by atoms with Crippen LogP contribution in [-0.4, -0.2) is 0 Å². The van der Waals surface area contributed by atoms with Gasteiger partial charge in [-0.3, -0.25) is 0 Å². The van der Waals surface area contributed by atoms with E-state index in [-0.39, 0.29) is 0 Å². The second-order valence-electron chi connectivity index (χ2n) is 3.38. The van der Waals surface area contributed by atoms with E-state index < -0.39 is 0 Å². The summed E-state index contributed by atoms with van der Waals surface area (Å²) in [7, 11) is 0. The summed E-state index contributed by atoms with van der Waals surface area (Å²) in [5.41, 5.74) is 2.29. The Hall–Kier alpha value is -1.50. The molecule has 3 rings (SSSR count). The highest BCUT2D eigenvalue weighted by Gasteiger charge is 2.12. The molecule has 1 heteroatoms. The molecule has 0 saturated heterocycles. The Morgan fingerprint density at radius 3 is 2.80 bits per heavy atom. The van der Waals surface area contributed by atoms with E-state index in [4.69, 9.17) is 4.42 Å². The van der Waals surface area contributed by atoms with Crippen LogP contribution >= 0.6 is 0 Å². The Morgan fingerprint density at radius 1 is 1.13 bits per heavy atom. The lowest BCUT2D eigenvalue weighted by molar-refractivity contribution is 0.546. The SMILES string of the molecule is C1=Cc2c(oc3ccccc23)CC1.CC. The molecule has 78 valence electrons. The molecule has 0 fully saturated rings. The highest BCUT2D eigenvalue weighted by Crippen LogP contribution is 2.30. The minimum atomic E-state index is 1.01. The molecule has 1 aliphatic carbocycles. The van der Waals surface area contributed by atoms with Gasteiger partial charge in [-0.05, 0) is 12.5 Å². The molecule has 0 N–H and O–H groups in total. The summed E-state index contributed by atoms with van der Waals surface area (Å²) < 4.78 is 5.74. The number of fused-ring (bicyclic) bond motifs is 3. The number of benzene rings is 1. The van der Waals surface area contributed by atoms with Crippen molar-refractivity contribution < 1.29 is 4.42 Å². The first-order valence-electron chi connectivity index (χ1n) is 5.62. The van der Waals surface area contributed by atoms with Crippen LogP contribution in [-0.2, 0) is 6.42 Å². The van der Waals surface area contributed by atoms with Crippen molar-refractivity contribution in [2.75, 3.05) is 0 Å². The molecule has 1 aromatic heterocycles. The second kappa shape index (κ2) is 4.35. The topological polar surface area (TPSA) is 13.1 Å². The Morgan fingerprint density at radius 2 is 1.93 bits per heavy atom. The predicted octanol–water partition coefficient (Wildman–Crippen LogP) is 4.42. The Balaban J connectivity index is 0.000000404. The first kappa shape index (κ1) is 10.0. The average molecular weight is 200 g/mol. The standard InChI is InChI=1S/C12H10O.C2H6/c1-3-7-11-9(5-1)10-6-2-4-8-12(10)13-11;1-2/h1-3,5-7H,4,8H2;1-2H3. The Kier molecular flexibility index (Phi) is 2.91. The molecule has 0 amide bonds. The third-order valence-electron chi connectivity index (χ3n) is 2.53. The van der Waals surface area contributed by atoms with Gasteiger partial charge in [0.25, 0.3) is 0 Å². The fourth-order valence-electron chi connectivity index (χ4n) is 1.90. The Labute approximate surface area is 90.4 Å². The van der Waals surface area contributed by atoms with E-state index >= 15 is 0 Å². The van der Waals surface area contributed by atoms with E-state index in [1.807, 2.05) is 26.0 Å². The number of hydrogen-bond donors (Lipinski definition) is 0. The zero-order valence-corrected chi connectivity index (χ0v) is 9.29. The largest absolute Gasteiger partial charge is 0.460 e. The van der Waals surface area contributed by atoms with Crippen molar-refractivity contribution in [3.8, 4) is 0 Å². The molecule has 1 heterocycles. The molecule has 1 aliphatic rings. The van der Waals surface area contributed by atoms with Crippen LogP contribution in [0.15, 0.2) is 34.8 Å². The lowest BCUT2D eigenvalue weighted by Crippen LogP contribution is -1.87. The van der Waals surface area contributed by atoms with E-state index in [1.165, 1.54) is 10.9 Å². The zero-order valence-electron chi connectivity index (χ0n) is 9.29. The summed E-state index contributed by atoms with van der Waals surface area (Å²) in [4.78, 5) is 0. The predicted molar refractivity (Wildman–Crippen MR) is 64.9 cm³/mol. The minimum absolute atomic E-state index is 1.01. The monoisotopic (exact) mass is 200 g/mol. The molecule has 0 atom stereocenters. The van der Waals surface area contributed by atoms with Crippen LogP contribution in [0.25, 0.3) is 17.0 Å². The zero-order chi connectivity index (χ0) is 10.7. The van der Waals surface area contributed by atoms with Gasteiger partial charge in [-0.2, -0.15) is 0 Å². The smallest absolute Gasteiger partial charge is 0.134 e. The van der Waals surface area contributed by atoms with E-state index in [1.54, 1.807) is 0 Å². The number of allylic oxidation sites excluding steroid dienone is 1. The van der Waals surface area contributed by atoms with Crippen molar-refractivity contribution in [3.63, 3.8) is 0 Å². The normalized spacial score (nSPS) is 13.2. The lowest BCUT2D eigenvalue weighted by atomic mass is 10.0. The van der Waals surface area contributed by atoms with Crippen LogP contribution < -0.4 is 0 Å². The third-order valence-corrected chi connectivity index (χ3v) is 2.53. The van der Waals surface area contributed by atoms with Crippen LogP contribution in [0, 0.1) is 0 Å². The highest BCUT2D eigenvalue weighted by atomic mass is 16.3. The molecule has 0 radical (unpaired) electrons. The molecule has 0 unspecified atom stereocenters. The summed E-state index contributed by atoms with van der Waals surface area (Å²) >= 11 is 0. The van der Waals surface area contributed by atoms with Gasteiger partial charge in [0.15, 0.2) is 0 Å². The van der Waals surface area contributed by atoms with Gasteiger partial charge in [-0.1, -0.05) is 44.2 Å². The maximum absolute atomic E-state index is 5.74. The van der Waals surface area contributed by atoms with Crippen molar-refractivity contribution in [2.45, 2.75) is 26.7 Å². The highest BCUT2D eigenvalue weighted by molar-refractivity contribution is 5.88. The van der Waals surface area contributed by atoms with Crippen molar-refractivity contribution in [3.05, 3.63) is 41.7 Å². The fraction of sp³-hybridized carbons (Fsp3) is 0.286. The molecular formula is C14H16O. The molecule has 0 aliphatic heterocycles. The third kappa shape index (κ3) is 1.70. The van der Waals surface area contributed by atoms with Gasteiger partial charge in [0.05, 0.1) is 0 Å². The van der Waals surface area contributed by atoms with Crippen LogP contribution in [0.1, 0.15) is 31.6 Å². The number of aryl methyl sites for hydroxylation is 1. The summed E-state index contributed by atoms with van der Waals surface area (Å²) in [6, 6.07) is 8.22. The molecule has 1 nitrogen and oxygen atoms in total. The number of para-hydroxylation sites is 1. The molecule has 0 saturated carbocycles. The first-order chi connectivity index (χ1) is 7.45. The van der Waals surface area contributed by atoms with Gasteiger partial charge in [-0.25, -0.2) is 0 Å². The number of furan rings is 1. The van der Waals surface area contributed by atoms with Gasteiger partial charge in [0.2, 0.25) is 0 Å². The molecule has 2 aromatic rings. The summed E-state index contributed by atoms with van der Waals surface area (Å²) in [6.45, 7) is 4.00. The number of hydrogen-bond acceptors (Lipinski definition) is 1. The van der Waals surface area contributed by atoms with Gasteiger partial charge < -0.3 is 4.42 Å². The van der Waals surface area contributed by atoms with Crippen molar-refractivity contribution in [2.24, 2.45) is 0 Å². The van der Waals surface area contributed by atoms with Crippen molar-refractivity contribution >= 4 is 17.0 Å². The van der Waals surface area contributed by atoms with Crippen LogP contribution in [0.4, 0.5) is 0 Å². The average Bonchev–Trinajstić information content (AvgIpc) is 2.70. The fourth-order valence-corrected chi connectivity index (χ4v) is 1.90. The maximum Gasteiger partial charge on any atom is 0.134 e. The van der Waals surface area contributed by atoms with Crippen molar-refractivity contribution in [1.29, 1.82) is 0 Å². The minimum Gasteiger partial charge on any atom is -0.460 e. The molecule has 0 bridgehead atoms. The van der Waals surface area contributed by atoms with E-state index in [0.29, 0.717) is 0 Å². The van der Waals surface area contributed by atoms with E-state index in [9.17, 15) is 0 Å². The molecule has 0 spiro atoms. The van der Waals surface area contributed by atoms with Crippen LogP contribution in [0.3, 0.4) is 0 Å². The first-order valence-corrected chi connectivity index (χ1v) is 5.62. The lowest BCUT2D eigenvalue weighted by Gasteiger charge is -2.00. The second-order valence-corrected chi connectivity index (χ2v) is 3.38. The van der Waals surface area contributed by atoms with E-state index in [0.717, 1.165) is 24.2 Å². The van der Waals surface area contributed by atoms with Gasteiger partial charge >= 0.3 is 0 Å². The van der Waals surface area contributed by atoms with Gasteiger partial charge in [0.1, 0.15) is 11.3 Å². The van der Waals surface area contributed by atoms with Crippen LogP contribution in [0.2, 0.25) is 0 Å². The van der Waals surface area contributed by atoms with Gasteiger partial charge in [-0.15, -0.1) is 0 Å². The van der Waals surface area contributed by atoms with E-state index in [2.05, 4.69) is 24.3 Å². The summed E-state index contributed by atoms with van der Waals surface area (Å²) in [5.74, 6) is 1.14. The molecule has 15 heavy (non-hydrogen) atoms. The van der Waals surface area contributed by atoms with Crippen molar-refractivity contribution in [1.82, 2.24) is 0 Å². The summed E-state index contributed by atoms with van der Waals surface area (Å²) in [6.07, 6.45) is 6.53. The number of rotatable bonds is 0. The van der Waals surface area contributed by atoms with Crippen LogP contribution in [0.5, 0.6) is 0 Å². The molecular weight excluding hydrogens is 184 g/mol. The Bertz CT molecular complexity index is 477.